The summed E-state index contributed by atoms with van der Waals surface area (Å²) in [7, 11) is 0. The summed E-state index contributed by atoms with van der Waals surface area (Å²) < 4.78 is 11.6. The van der Waals surface area contributed by atoms with E-state index >= 15 is 0 Å². The lowest BCUT2D eigenvalue weighted by Gasteiger charge is -2.30. The summed E-state index contributed by atoms with van der Waals surface area (Å²) in [6, 6.07) is 18.5. The Labute approximate surface area is 136 Å². The summed E-state index contributed by atoms with van der Waals surface area (Å²) >= 11 is 0. The molecule has 0 aromatic heterocycles. The van der Waals surface area contributed by atoms with E-state index in [-0.39, 0.29) is 6.10 Å². The molecular weight excluding hydrogens is 288 g/mol. The molecule has 2 aromatic rings. The highest BCUT2D eigenvalue weighted by molar-refractivity contribution is 6.04. The third kappa shape index (κ3) is 3.08. The molecule has 118 valence electrons. The Kier molecular flexibility index (Phi) is 3.99. The van der Waals surface area contributed by atoms with Crippen molar-refractivity contribution in [3.05, 3.63) is 65.7 Å². The van der Waals surface area contributed by atoms with Gasteiger partial charge in [-0.2, -0.15) is 5.10 Å². The number of nitrogens with zero attached hydrogens (tertiary/aromatic N) is 2. The van der Waals surface area contributed by atoms with Crippen molar-refractivity contribution in [3.63, 3.8) is 0 Å². The van der Waals surface area contributed by atoms with E-state index in [0.717, 1.165) is 49.7 Å². The average Bonchev–Trinajstić information content (AvgIpc) is 2.63. The third-order valence-electron chi connectivity index (χ3n) is 4.27. The molecule has 0 spiro atoms. The van der Waals surface area contributed by atoms with Crippen LogP contribution in [0, 0.1) is 0 Å². The first-order valence-electron chi connectivity index (χ1n) is 8.11. The Morgan fingerprint density at radius 3 is 2.48 bits per heavy atom. The molecule has 2 aromatic carbocycles. The highest BCUT2D eigenvalue weighted by Gasteiger charge is 2.26. The van der Waals surface area contributed by atoms with Crippen molar-refractivity contribution in [2.45, 2.75) is 12.5 Å². The van der Waals surface area contributed by atoms with Crippen LogP contribution in [0.3, 0.4) is 0 Å². The van der Waals surface area contributed by atoms with Gasteiger partial charge in [0.15, 0.2) is 0 Å². The second-order valence-electron chi connectivity index (χ2n) is 5.83. The molecule has 0 bridgehead atoms. The van der Waals surface area contributed by atoms with Crippen LogP contribution in [0.15, 0.2) is 59.7 Å². The van der Waals surface area contributed by atoms with Gasteiger partial charge in [-0.25, -0.2) is 0 Å². The number of hydrogen-bond donors (Lipinski definition) is 0. The van der Waals surface area contributed by atoms with Gasteiger partial charge < -0.3 is 9.47 Å². The molecule has 23 heavy (non-hydrogen) atoms. The van der Waals surface area contributed by atoms with Crippen LogP contribution in [0.1, 0.15) is 23.7 Å². The number of para-hydroxylation sites is 1. The van der Waals surface area contributed by atoms with Crippen molar-refractivity contribution in [2.75, 3.05) is 26.3 Å². The van der Waals surface area contributed by atoms with Crippen LogP contribution < -0.4 is 4.74 Å². The van der Waals surface area contributed by atoms with E-state index < -0.39 is 0 Å². The van der Waals surface area contributed by atoms with E-state index in [1.165, 1.54) is 5.56 Å². The summed E-state index contributed by atoms with van der Waals surface area (Å²) in [5.74, 6) is 0.916. The quantitative estimate of drug-likeness (QED) is 0.854. The Morgan fingerprint density at radius 2 is 1.65 bits per heavy atom. The van der Waals surface area contributed by atoms with Crippen molar-refractivity contribution >= 4 is 5.71 Å². The molecule has 0 N–H and O–H groups in total. The SMILES string of the molecule is c1ccc([C@@H]2C/C(=N/N3CCOCC3)c3ccccc3O2)cc1. The van der Waals surface area contributed by atoms with E-state index in [2.05, 4.69) is 35.3 Å². The van der Waals surface area contributed by atoms with Crippen molar-refractivity contribution in [1.82, 2.24) is 5.01 Å². The maximum Gasteiger partial charge on any atom is 0.129 e. The first-order chi connectivity index (χ1) is 11.4. The Morgan fingerprint density at radius 1 is 0.913 bits per heavy atom. The first kappa shape index (κ1) is 14.3. The normalized spacial score (nSPS) is 22.5. The number of morpholine rings is 1. The number of fused-ring (bicyclic) bond motifs is 1. The second-order valence-corrected chi connectivity index (χ2v) is 5.83. The van der Waals surface area contributed by atoms with Gasteiger partial charge in [-0.05, 0) is 17.7 Å². The van der Waals surface area contributed by atoms with Crippen LogP contribution in [0.4, 0.5) is 0 Å². The lowest BCUT2D eigenvalue weighted by atomic mass is 9.96. The minimum atomic E-state index is 0.0193. The number of rotatable bonds is 2. The van der Waals surface area contributed by atoms with Crippen LogP contribution in [-0.2, 0) is 4.74 Å². The van der Waals surface area contributed by atoms with Crippen LogP contribution in [0.25, 0.3) is 0 Å². The molecule has 0 radical (unpaired) electrons. The molecule has 0 aliphatic carbocycles. The van der Waals surface area contributed by atoms with E-state index in [9.17, 15) is 0 Å². The monoisotopic (exact) mass is 308 g/mol. The van der Waals surface area contributed by atoms with Gasteiger partial charge >= 0.3 is 0 Å². The van der Waals surface area contributed by atoms with Crippen LogP contribution >= 0.6 is 0 Å². The lowest BCUT2D eigenvalue weighted by Crippen LogP contribution is -2.34. The maximum absolute atomic E-state index is 6.21. The molecule has 2 heterocycles. The predicted molar refractivity (Wildman–Crippen MR) is 89.8 cm³/mol. The summed E-state index contributed by atoms with van der Waals surface area (Å²) in [6.45, 7) is 3.19. The smallest absolute Gasteiger partial charge is 0.129 e. The van der Waals surface area contributed by atoms with Crippen molar-refractivity contribution < 1.29 is 9.47 Å². The number of benzene rings is 2. The number of ether oxygens (including phenoxy) is 2. The van der Waals surface area contributed by atoms with Crippen molar-refractivity contribution in [1.29, 1.82) is 0 Å². The molecule has 4 nitrogen and oxygen atoms in total. The topological polar surface area (TPSA) is 34.1 Å². The first-order valence-corrected chi connectivity index (χ1v) is 8.11. The molecule has 2 aliphatic rings. The van der Waals surface area contributed by atoms with E-state index in [1.807, 2.05) is 24.3 Å². The molecular formula is C19H20N2O2. The molecule has 4 heteroatoms. The second kappa shape index (κ2) is 6.42. The minimum absolute atomic E-state index is 0.0193. The van der Waals surface area contributed by atoms with Crippen molar-refractivity contribution in [3.8, 4) is 5.75 Å². The van der Waals surface area contributed by atoms with E-state index in [4.69, 9.17) is 14.6 Å². The molecule has 1 saturated heterocycles. The highest BCUT2D eigenvalue weighted by atomic mass is 16.5. The largest absolute Gasteiger partial charge is 0.485 e. The standard InChI is InChI=1S/C19H20N2O2/c1-2-6-15(7-3-1)19-14-17(20-21-10-12-22-13-11-21)16-8-4-5-9-18(16)23-19/h1-9,19H,10-14H2/b20-17-/t19-/m0/s1. The zero-order chi connectivity index (χ0) is 15.5. The van der Waals surface area contributed by atoms with E-state index in [1.54, 1.807) is 0 Å². The van der Waals surface area contributed by atoms with Gasteiger partial charge in [-0.15, -0.1) is 0 Å². The zero-order valence-electron chi connectivity index (χ0n) is 13.0. The number of hydrogen-bond acceptors (Lipinski definition) is 4. The summed E-state index contributed by atoms with van der Waals surface area (Å²) in [5, 5.41) is 7.02. The van der Waals surface area contributed by atoms with Gasteiger partial charge in [0.2, 0.25) is 0 Å². The molecule has 0 saturated carbocycles. The molecule has 1 atom stereocenters. The average molecular weight is 308 g/mol. The minimum Gasteiger partial charge on any atom is -0.485 e. The van der Waals surface area contributed by atoms with Gasteiger partial charge in [0, 0.05) is 12.0 Å². The summed E-state index contributed by atoms with van der Waals surface area (Å²) in [4.78, 5) is 0. The van der Waals surface area contributed by atoms with Crippen LogP contribution in [-0.4, -0.2) is 37.0 Å². The fourth-order valence-corrected chi connectivity index (χ4v) is 3.06. The van der Waals surface area contributed by atoms with Gasteiger partial charge in [0.1, 0.15) is 11.9 Å². The predicted octanol–water partition coefficient (Wildman–Crippen LogP) is 3.25. The summed E-state index contributed by atoms with van der Waals surface area (Å²) in [5.41, 5.74) is 3.39. The van der Waals surface area contributed by atoms with Crippen LogP contribution in [0.5, 0.6) is 5.75 Å². The van der Waals surface area contributed by atoms with Gasteiger partial charge in [0.25, 0.3) is 0 Å². The molecule has 1 fully saturated rings. The Bertz CT molecular complexity index is 694. The third-order valence-corrected chi connectivity index (χ3v) is 4.27. The fraction of sp³-hybridized carbons (Fsp3) is 0.316. The van der Waals surface area contributed by atoms with Gasteiger partial charge in [-0.1, -0.05) is 42.5 Å². The Hall–Kier alpha value is -2.33. The Balaban J connectivity index is 1.67. The summed E-state index contributed by atoms with van der Waals surface area (Å²) in [6.07, 6.45) is 0.809. The van der Waals surface area contributed by atoms with Crippen LogP contribution in [0.2, 0.25) is 0 Å². The molecule has 4 rings (SSSR count). The number of hydrazone groups is 1. The van der Waals surface area contributed by atoms with Gasteiger partial charge in [-0.3, -0.25) is 5.01 Å². The zero-order valence-corrected chi connectivity index (χ0v) is 13.0. The van der Waals surface area contributed by atoms with Crippen molar-refractivity contribution in [2.24, 2.45) is 5.10 Å². The highest BCUT2D eigenvalue weighted by Crippen LogP contribution is 2.35. The van der Waals surface area contributed by atoms with E-state index in [0.29, 0.717) is 0 Å². The maximum atomic E-state index is 6.21. The lowest BCUT2D eigenvalue weighted by molar-refractivity contribution is 0.0390. The molecule has 0 amide bonds. The molecule has 0 unspecified atom stereocenters. The van der Waals surface area contributed by atoms with Gasteiger partial charge in [0.05, 0.1) is 32.0 Å². The fourth-order valence-electron chi connectivity index (χ4n) is 3.06. The molecule has 2 aliphatic heterocycles.